The van der Waals surface area contributed by atoms with Crippen molar-refractivity contribution in [1.29, 1.82) is 0 Å². The molecule has 5 nitrogen and oxygen atoms in total. The molecule has 1 aromatic heterocycles. The highest BCUT2D eigenvalue weighted by Gasteiger charge is 2.37. The predicted octanol–water partition coefficient (Wildman–Crippen LogP) is 4.35. The molecule has 3 heterocycles. The Labute approximate surface area is 186 Å². The Balaban J connectivity index is 1.41. The Morgan fingerprint density at radius 2 is 1.84 bits per heavy atom. The number of fused-ring (bicyclic) bond motifs is 1. The molecule has 1 amide bonds. The van der Waals surface area contributed by atoms with Crippen molar-refractivity contribution in [1.82, 2.24) is 14.8 Å². The number of ether oxygens (including phenoxy) is 1. The van der Waals surface area contributed by atoms with E-state index in [1.807, 2.05) is 24.0 Å². The summed E-state index contributed by atoms with van der Waals surface area (Å²) in [6.45, 7) is 6.30. The van der Waals surface area contributed by atoms with Crippen LogP contribution in [0.2, 0.25) is 0 Å². The van der Waals surface area contributed by atoms with E-state index in [1.165, 1.54) is 24.8 Å². The molecule has 0 N–H and O–H groups in total. The van der Waals surface area contributed by atoms with E-state index in [2.05, 4.69) is 41.2 Å². The molecular formula is C26H35N3O2. The van der Waals surface area contributed by atoms with Crippen LogP contribution in [0, 0.1) is 12.3 Å². The van der Waals surface area contributed by atoms with Crippen LogP contribution in [0.5, 0.6) is 5.75 Å². The highest BCUT2D eigenvalue weighted by molar-refractivity contribution is 5.95. The fraction of sp³-hybridized carbons (Fsp3) is 0.538. The van der Waals surface area contributed by atoms with Gasteiger partial charge >= 0.3 is 0 Å². The van der Waals surface area contributed by atoms with Crippen molar-refractivity contribution >= 4 is 5.91 Å². The molecule has 2 aromatic rings. The van der Waals surface area contributed by atoms with E-state index in [0.29, 0.717) is 6.61 Å². The molecule has 0 saturated carbocycles. The van der Waals surface area contributed by atoms with Gasteiger partial charge < -0.3 is 14.5 Å². The Hall–Kier alpha value is -2.40. The third kappa shape index (κ3) is 5.27. The van der Waals surface area contributed by atoms with Gasteiger partial charge in [0.1, 0.15) is 12.4 Å². The third-order valence-electron chi connectivity index (χ3n) is 7.06. The second kappa shape index (κ2) is 9.82. The lowest BCUT2D eigenvalue weighted by Crippen LogP contribution is -2.48. The summed E-state index contributed by atoms with van der Waals surface area (Å²) in [5.41, 5.74) is 3.17. The van der Waals surface area contributed by atoms with Gasteiger partial charge in [-0.2, -0.15) is 0 Å². The van der Waals surface area contributed by atoms with Gasteiger partial charge in [-0.25, -0.2) is 0 Å². The van der Waals surface area contributed by atoms with Gasteiger partial charge in [0, 0.05) is 38.1 Å². The molecule has 1 spiro atoms. The normalized spacial score (nSPS) is 20.3. The van der Waals surface area contributed by atoms with Gasteiger partial charge in [-0.1, -0.05) is 24.6 Å². The summed E-state index contributed by atoms with van der Waals surface area (Å²) in [5.74, 6) is 1.18. The average Bonchev–Trinajstić information content (AvgIpc) is 2.77. The SMILES string of the molecule is Cc1ncccc1C(=O)N1CCC2(CCCCc3ccccc3OCCN(C)C2)CC1. The molecule has 166 valence electrons. The van der Waals surface area contributed by atoms with Gasteiger partial charge in [0.05, 0.1) is 5.56 Å². The lowest BCUT2D eigenvalue weighted by Gasteiger charge is -2.44. The van der Waals surface area contributed by atoms with Crippen molar-refractivity contribution in [2.45, 2.75) is 45.4 Å². The van der Waals surface area contributed by atoms with E-state index < -0.39 is 0 Å². The van der Waals surface area contributed by atoms with Crippen LogP contribution in [-0.2, 0) is 6.42 Å². The number of pyridine rings is 1. The predicted molar refractivity (Wildman–Crippen MR) is 124 cm³/mol. The molecule has 2 aliphatic rings. The maximum absolute atomic E-state index is 13.0. The minimum atomic E-state index is 0.131. The first-order valence-corrected chi connectivity index (χ1v) is 11.7. The number of rotatable bonds is 1. The number of nitrogens with zero attached hydrogens (tertiary/aromatic N) is 3. The Kier molecular flexibility index (Phi) is 6.91. The Bertz CT molecular complexity index is 890. The molecule has 1 aromatic carbocycles. The summed E-state index contributed by atoms with van der Waals surface area (Å²) in [5, 5.41) is 0. The standard InChI is InChI=1S/C26H35N3O2/c1-21-23(10-7-15-27-21)25(30)29-16-13-26(14-17-29)12-6-5-9-22-8-3-4-11-24(22)31-19-18-28(2)20-26/h3-4,7-8,10-11,15H,5-6,9,12-14,16-20H2,1-2H3. The van der Waals surface area contributed by atoms with Gasteiger partial charge in [0.15, 0.2) is 0 Å². The lowest BCUT2D eigenvalue weighted by molar-refractivity contribution is 0.0424. The van der Waals surface area contributed by atoms with Gasteiger partial charge in [-0.3, -0.25) is 9.78 Å². The number of aryl methyl sites for hydroxylation is 2. The molecule has 0 atom stereocenters. The number of carbonyl (C=O) groups is 1. The lowest BCUT2D eigenvalue weighted by atomic mass is 9.73. The minimum Gasteiger partial charge on any atom is -0.492 e. The van der Waals surface area contributed by atoms with Gasteiger partial charge in [0.2, 0.25) is 0 Å². The molecule has 2 aliphatic heterocycles. The zero-order valence-corrected chi connectivity index (χ0v) is 19.0. The van der Waals surface area contributed by atoms with E-state index in [1.54, 1.807) is 6.20 Å². The first-order chi connectivity index (χ1) is 15.1. The highest BCUT2D eigenvalue weighted by Crippen LogP contribution is 2.38. The van der Waals surface area contributed by atoms with Crippen LogP contribution in [0.1, 0.15) is 53.7 Å². The molecule has 0 unspecified atom stereocenters. The van der Waals surface area contributed by atoms with Crippen molar-refractivity contribution in [3.63, 3.8) is 0 Å². The fourth-order valence-electron chi connectivity index (χ4n) is 5.18. The maximum atomic E-state index is 13.0. The topological polar surface area (TPSA) is 45.7 Å². The van der Waals surface area contributed by atoms with Gasteiger partial charge in [0.25, 0.3) is 5.91 Å². The summed E-state index contributed by atoms with van der Waals surface area (Å²) < 4.78 is 6.11. The average molecular weight is 422 g/mol. The summed E-state index contributed by atoms with van der Waals surface area (Å²) in [6, 6.07) is 12.2. The van der Waals surface area contributed by atoms with E-state index in [0.717, 1.165) is 62.4 Å². The number of likely N-dealkylation sites (N-methyl/N-ethyl adjacent to an activating group) is 1. The molecule has 0 radical (unpaired) electrons. The van der Waals surface area contributed by atoms with Crippen LogP contribution in [0.4, 0.5) is 0 Å². The minimum absolute atomic E-state index is 0.131. The number of para-hydroxylation sites is 1. The third-order valence-corrected chi connectivity index (χ3v) is 7.06. The van der Waals surface area contributed by atoms with Crippen LogP contribution in [-0.4, -0.2) is 60.5 Å². The molecule has 1 fully saturated rings. The Morgan fingerprint density at radius 1 is 1.03 bits per heavy atom. The number of likely N-dealkylation sites (tertiary alicyclic amines) is 1. The van der Waals surface area contributed by atoms with Crippen molar-refractivity contribution in [3.8, 4) is 5.75 Å². The maximum Gasteiger partial charge on any atom is 0.255 e. The molecule has 0 bridgehead atoms. The van der Waals surface area contributed by atoms with Crippen LogP contribution >= 0.6 is 0 Å². The van der Waals surface area contributed by atoms with Crippen LogP contribution in [0.3, 0.4) is 0 Å². The van der Waals surface area contributed by atoms with Crippen molar-refractivity contribution < 1.29 is 9.53 Å². The van der Waals surface area contributed by atoms with Crippen molar-refractivity contribution in [2.24, 2.45) is 5.41 Å². The quantitative estimate of drug-likeness (QED) is 0.687. The second-order valence-corrected chi connectivity index (χ2v) is 9.33. The molecule has 1 saturated heterocycles. The zero-order valence-electron chi connectivity index (χ0n) is 19.0. The largest absolute Gasteiger partial charge is 0.492 e. The second-order valence-electron chi connectivity index (χ2n) is 9.33. The first-order valence-electron chi connectivity index (χ1n) is 11.7. The number of piperidine rings is 1. The van der Waals surface area contributed by atoms with E-state index in [4.69, 9.17) is 4.74 Å². The van der Waals surface area contributed by atoms with Crippen LogP contribution < -0.4 is 4.74 Å². The summed E-state index contributed by atoms with van der Waals surface area (Å²) in [4.78, 5) is 21.8. The number of aromatic nitrogens is 1. The highest BCUT2D eigenvalue weighted by atomic mass is 16.5. The molecule has 0 aliphatic carbocycles. The zero-order chi connectivity index (χ0) is 21.7. The van der Waals surface area contributed by atoms with Crippen LogP contribution in [0.25, 0.3) is 0 Å². The number of hydrogen-bond donors (Lipinski definition) is 0. The number of carbonyl (C=O) groups excluding carboxylic acids is 1. The van der Waals surface area contributed by atoms with E-state index in [-0.39, 0.29) is 11.3 Å². The van der Waals surface area contributed by atoms with Crippen LogP contribution in [0.15, 0.2) is 42.6 Å². The monoisotopic (exact) mass is 421 g/mol. The first kappa shape index (κ1) is 21.8. The number of benzene rings is 1. The van der Waals surface area contributed by atoms with E-state index in [9.17, 15) is 4.79 Å². The fourth-order valence-corrected chi connectivity index (χ4v) is 5.18. The molecule has 5 heteroatoms. The summed E-state index contributed by atoms with van der Waals surface area (Å²) in [6.07, 6.45) is 8.60. The molecular weight excluding hydrogens is 386 g/mol. The van der Waals surface area contributed by atoms with Crippen molar-refractivity contribution in [3.05, 3.63) is 59.4 Å². The number of amides is 1. The summed E-state index contributed by atoms with van der Waals surface area (Å²) >= 11 is 0. The van der Waals surface area contributed by atoms with Gasteiger partial charge in [-0.15, -0.1) is 0 Å². The number of hydrogen-bond acceptors (Lipinski definition) is 4. The van der Waals surface area contributed by atoms with Crippen molar-refractivity contribution in [2.75, 3.05) is 39.8 Å². The van der Waals surface area contributed by atoms with Gasteiger partial charge in [-0.05, 0) is 75.3 Å². The molecule has 4 rings (SSSR count). The van der Waals surface area contributed by atoms with E-state index >= 15 is 0 Å². The summed E-state index contributed by atoms with van der Waals surface area (Å²) in [7, 11) is 2.21. The molecule has 31 heavy (non-hydrogen) atoms. The smallest absolute Gasteiger partial charge is 0.255 e. The Morgan fingerprint density at radius 3 is 2.65 bits per heavy atom.